The molecule has 3 aromatic rings. The molecule has 0 aliphatic heterocycles. The van der Waals surface area contributed by atoms with Crippen molar-refractivity contribution in [2.24, 2.45) is 0 Å². The average molecular weight is 282 g/mol. The lowest BCUT2D eigenvalue weighted by molar-refractivity contribution is 0.356. The van der Waals surface area contributed by atoms with Crippen LogP contribution in [0, 0.1) is 6.92 Å². The largest absolute Gasteiger partial charge is 0.497 e. The molecular formula is C18H18O3. The van der Waals surface area contributed by atoms with Crippen molar-refractivity contribution in [1.29, 1.82) is 0 Å². The lowest BCUT2D eigenvalue weighted by Gasteiger charge is -2.13. The maximum atomic E-state index is 5.43. The van der Waals surface area contributed by atoms with E-state index in [-0.39, 0.29) is 0 Å². The molecule has 0 bridgehead atoms. The van der Waals surface area contributed by atoms with E-state index in [2.05, 4.69) is 25.1 Å². The van der Waals surface area contributed by atoms with Gasteiger partial charge >= 0.3 is 0 Å². The number of ether oxygens (including phenoxy) is 3. The van der Waals surface area contributed by atoms with Gasteiger partial charge in [0.2, 0.25) is 0 Å². The van der Waals surface area contributed by atoms with E-state index in [9.17, 15) is 0 Å². The topological polar surface area (TPSA) is 27.7 Å². The molecule has 0 radical (unpaired) electrons. The Labute approximate surface area is 124 Å². The summed E-state index contributed by atoms with van der Waals surface area (Å²) in [6.45, 7) is 2.11. The quantitative estimate of drug-likeness (QED) is 0.669. The molecule has 0 aliphatic carbocycles. The Balaban J connectivity index is 2.45. The standard InChI is InChI=1S/C18H18O3/c1-11-7-12-5-6-13(19-2)8-15(12)16-10-18(21-4)17(20-3)9-14(11)16/h5-10H,1-4H3. The van der Waals surface area contributed by atoms with Crippen molar-refractivity contribution in [2.75, 3.05) is 21.3 Å². The minimum atomic E-state index is 0.736. The molecule has 3 rings (SSSR count). The van der Waals surface area contributed by atoms with Gasteiger partial charge in [-0.15, -0.1) is 0 Å². The van der Waals surface area contributed by atoms with E-state index in [1.54, 1.807) is 21.3 Å². The molecule has 0 aromatic heterocycles. The van der Waals surface area contributed by atoms with Crippen LogP contribution in [-0.2, 0) is 0 Å². The molecule has 108 valence electrons. The van der Waals surface area contributed by atoms with E-state index in [1.807, 2.05) is 18.2 Å². The van der Waals surface area contributed by atoms with Gasteiger partial charge in [-0.1, -0.05) is 12.1 Å². The van der Waals surface area contributed by atoms with Crippen molar-refractivity contribution in [1.82, 2.24) is 0 Å². The molecule has 21 heavy (non-hydrogen) atoms. The third-order valence-corrected chi connectivity index (χ3v) is 3.87. The Hall–Kier alpha value is -2.42. The summed E-state index contributed by atoms with van der Waals surface area (Å²) in [4.78, 5) is 0. The third kappa shape index (κ3) is 2.15. The lowest BCUT2D eigenvalue weighted by atomic mass is 9.97. The number of fused-ring (bicyclic) bond motifs is 3. The van der Waals surface area contributed by atoms with Crippen LogP contribution >= 0.6 is 0 Å². The molecule has 0 unspecified atom stereocenters. The maximum absolute atomic E-state index is 5.43. The molecule has 3 heteroatoms. The summed E-state index contributed by atoms with van der Waals surface area (Å²) >= 11 is 0. The first-order chi connectivity index (χ1) is 10.2. The first kappa shape index (κ1) is 13.6. The first-order valence-electron chi connectivity index (χ1n) is 6.81. The number of benzene rings is 3. The summed E-state index contributed by atoms with van der Waals surface area (Å²) in [5.41, 5.74) is 1.21. The van der Waals surface area contributed by atoms with Crippen LogP contribution < -0.4 is 14.2 Å². The Bertz CT molecular complexity index is 822. The fourth-order valence-electron chi connectivity index (χ4n) is 2.76. The Kier molecular flexibility index (Phi) is 3.34. The second-order valence-electron chi connectivity index (χ2n) is 5.03. The number of rotatable bonds is 3. The van der Waals surface area contributed by atoms with E-state index < -0.39 is 0 Å². The normalized spacial score (nSPS) is 10.9. The highest BCUT2D eigenvalue weighted by Crippen LogP contribution is 2.38. The van der Waals surface area contributed by atoms with Crippen LogP contribution in [0.1, 0.15) is 5.56 Å². The van der Waals surface area contributed by atoms with Crippen LogP contribution in [0.25, 0.3) is 21.5 Å². The van der Waals surface area contributed by atoms with Gasteiger partial charge in [-0.05, 0) is 58.3 Å². The molecule has 0 amide bonds. The van der Waals surface area contributed by atoms with Crippen molar-refractivity contribution in [2.45, 2.75) is 6.92 Å². The predicted octanol–water partition coefficient (Wildman–Crippen LogP) is 4.33. The van der Waals surface area contributed by atoms with E-state index in [1.165, 1.54) is 10.9 Å². The van der Waals surface area contributed by atoms with Gasteiger partial charge in [0.1, 0.15) is 5.75 Å². The molecule has 3 nitrogen and oxygen atoms in total. The van der Waals surface area contributed by atoms with Gasteiger partial charge in [-0.3, -0.25) is 0 Å². The highest BCUT2D eigenvalue weighted by atomic mass is 16.5. The van der Waals surface area contributed by atoms with Crippen molar-refractivity contribution in [3.05, 3.63) is 42.0 Å². The van der Waals surface area contributed by atoms with Gasteiger partial charge in [-0.2, -0.15) is 0 Å². The van der Waals surface area contributed by atoms with Gasteiger partial charge in [-0.25, -0.2) is 0 Å². The summed E-state index contributed by atoms with van der Waals surface area (Å²) in [6.07, 6.45) is 0. The smallest absolute Gasteiger partial charge is 0.161 e. The number of hydrogen-bond donors (Lipinski definition) is 0. The zero-order valence-corrected chi connectivity index (χ0v) is 12.7. The second-order valence-corrected chi connectivity index (χ2v) is 5.03. The first-order valence-corrected chi connectivity index (χ1v) is 6.81. The van der Waals surface area contributed by atoms with Crippen LogP contribution in [0.4, 0.5) is 0 Å². The fraction of sp³-hybridized carbons (Fsp3) is 0.222. The van der Waals surface area contributed by atoms with E-state index in [4.69, 9.17) is 14.2 Å². The lowest BCUT2D eigenvalue weighted by Crippen LogP contribution is -1.92. The molecule has 3 aromatic carbocycles. The summed E-state index contributed by atoms with van der Waals surface area (Å²) in [7, 11) is 4.99. The third-order valence-electron chi connectivity index (χ3n) is 3.87. The highest BCUT2D eigenvalue weighted by Gasteiger charge is 2.11. The molecule has 0 spiro atoms. The zero-order valence-electron chi connectivity index (χ0n) is 12.7. The minimum Gasteiger partial charge on any atom is -0.497 e. The molecule has 0 atom stereocenters. The SMILES string of the molecule is COc1ccc2cc(C)c3cc(OC)c(OC)cc3c2c1. The van der Waals surface area contributed by atoms with Gasteiger partial charge < -0.3 is 14.2 Å². The Morgan fingerprint density at radius 3 is 1.95 bits per heavy atom. The Morgan fingerprint density at radius 1 is 0.667 bits per heavy atom. The molecular weight excluding hydrogens is 264 g/mol. The van der Waals surface area contributed by atoms with Crippen LogP contribution in [0.2, 0.25) is 0 Å². The number of hydrogen-bond acceptors (Lipinski definition) is 3. The summed E-state index contributed by atoms with van der Waals surface area (Å²) in [5, 5.41) is 4.64. The zero-order chi connectivity index (χ0) is 15.0. The van der Waals surface area contributed by atoms with Crippen LogP contribution in [0.5, 0.6) is 17.2 Å². The van der Waals surface area contributed by atoms with E-state index in [0.29, 0.717) is 0 Å². The van der Waals surface area contributed by atoms with Gasteiger partial charge in [0, 0.05) is 0 Å². The fourth-order valence-corrected chi connectivity index (χ4v) is 2.76. The summed E-state index contributed by atoms with van der Waals surface area (Å²) < 4.78 is 16.2. The monoisotopic (exact) mass is 282 g/mol. The van der Waals surface area contributed by atoms with Crippen molar-refractivity contribution < 1.29 is 14.2 Å². The van der Waals surface area contributed by atoms with Crippen molar-refractivity contribution in [3.63, 3.8) is 0 Å². The molecule has 0 saturated carbocycles. The number of methoxy groups -OCH3 is 3. The Morgan fingerprint density at radius 2 is 1.33 bits per heavy atom. The average Bonchev–Trinajstić information content (AvgIpc) is 2.53. The maximum Gasteiger partial charge on any atom is 0.161 e. The molecule has 0 heterocycles. The molecule has 0 saturated heterocycles. The number of aryl methyl sites for hydroxylation is 1. The van der Waals surface area contributed by atoms with E-state index >= 15 is 0 Å². The predicted molar refractivity (Wildman–Crippen MR) is 85.8 cm³/mol. The molecule has 0 N–H and O–H groups in total. The summed E-state index contributed by atoms with van der Waals surface area (Å²) in [6, 6.07) is 12.4. The minimum absolute atomic E-state index is 0.736. The second kappa shape index (κ2) is 5.17. The van der Waals surface area contributed by atoms with Gasteiger partial charge in [0.05, 0.1) is 21.3 Å². The summed E-state index contributed by atoms with van der Waals surface area (Å²) in [5.74, 6) is 2.33. The highest BCUT2D eigenvalue weighted by molar-refractivity contribution is 6.10. The van der Waals surface area contributed by atoms with Crippen LogP contribution in [0.3, 0.4) is 0 Å². The van der Waals surface area contributed by atoms with Gasteiger partial charge in [0.15, 0.2) is 11.5 Å². The van der Waals surface area contributed by atoms with Crippen LogP contribution in [-0.4, -0.2) is 21.3 Å². The van der Waals surface area contributed by atoms with Crippen molar-refractivity contribution >= 4 is 21.5 Å². The molecule has 0 aliphatic rings. The molecule has 0 fully saturated rings. The van der Waals surface area contributed by atoms with E-state index in [0.717, 1.165) is 33.4 Å². The van der Waals surface area contributed by atoms with Crippen molar-refractivity contribution in [3.8, 4) is 17.2 Å². The van der Waals surface area contributed by atoms with Crippen LogP contribution in [0.15, 0.2) is 36.4 Å². The van der Waals surface area contributed by atoms with Gasteiger partial charge in [0.25, 0.3) is 0 Å².